The summed E-state index contributed by atoms with van der Waals surface area (Å²) in [6.45, 7) is 0.627. The third-order valence-electron chi connectivity index (χ3n) is 5.81. The SMILES string of the molecule is COc1ncc(OC)c2c(C(=O)C(=O)N3CCC(=C(C(N)=O)c4ccccc4)CC3)c[nH]c12. The van der Waals surface area contributed by atoms with Gasteiger partial charge in [0.05, 0.1) is 31.4 Å². The number of fused-ring (bicyclic) bond motifs is 1. The molecule has 0 radical (unpaired) electrons. The molecule has 33 heavy (non-hydrogen) atoms. The van der Waals surface area contributed by atoms with E-state index in [1.807, 2.05) is 30.3 Å². The van der Waals surface area contributed by atoms with Crippen molar-refractivity contribution in [2.45, 2.75) is 12.8 Å². The second kappa shape index (κ2) is 9.15. The van der Waals surface area contributed by atoms with Crippen LogP contribution in [-0.2, 0) is 9.59 Å². The van der Waals surface area contributed by atoms with Gasteiger partial charge in [0.1, 0.15) is 11.3 Å². The first-order valence-electron chi connectivity index (χ1n) is 10.4. The minimum absolute atomic E-state index is 0.191. The number of carbonyl (C=O) groups excluding carboxylic acids is 3. The maximum Gasteiger partial charge on any atom is 0.295 e. The summed E-state index contributed by atoms with van der Waals surface area (Å²) in [5.74, 6) is -1.11. The first kappa shape index (κ1) is 22.1. The number of H-pyrrole nitrogens is 1. The van der Waals surface area contributed by atoms with Crippen LogP contribution in [0.2, 0.25) is 0 Å². The number of aromatic nitrogens is 2. The molecule has 0 atom stereocenters. The van der Waals surface area contributed by atoms with Gasteiger partial charge in [0.25, 0.3) is 11.7 Å². The fourth-order valence-corrected chi connectivity index (χ4v) is 4.20. The van der Waals surface area contributed by atoms with Crippen LogP contribution in [0.15, 0.2) is 48.3 Å². The fraction of sp³-hybridized carbons (Fsp3) is 0.250. The van der Waals surface area contributed by atoms with Gasteiger partial charge >= 0.3 is 0 Å². The van der Waals surface area contributed by atoms with Gasteiger partial charge in [-0.2, -0.15) is 0 Å². The third-order valence-corrected chi connectivity index (χ3v) is 5.81. The van der Waals surface area contributed by atoms with Crippen LogP contribution >= 0.6 is 0 Å². The maximum absolute atomic E-state index is 13.1. The third kappa shape index (κ3) is 4.05. The molecule has 2 aromatic heterocycles. The number of rotatable bonds is 6. The van der Waals surface area contributed by atoms with E-state index in [4.69, 9.17) is 15.2 Å². The fourth-order valence-electron chi connectivity index (χ4n) is 4.20. The summed E-state index contributed by atoms with van der Waals surface area (Å²) in [7, 11) is 2.93. The van der Waals surface area contributed by atoms with Gasteiger partial charge < -0.3 is 25.1 Å². The standard InChI is InChI=1S/C24H24N4O5/c1-32-17-13-27-23(33-2)20-19(17)16(12-26-20)21(29)24(31)28-10-8-15(9-11-28)18(22(25)30)14-6-4-3-5-7-14/h3-7,12-13,26H,8-11H2,1-2H3,(H2,25,30). The maximum atomic E-state index is 13.1. The second-order valence-corrected chi connectivity index (χ2v) is 7.62. The highest BCUT2D eigenvalue weighted by Crippen LogP contribution is 2.34. The number of methoxy groups -OCH3 is 2. The average Bonchev–Trinajstić information content (AvgIpc) is 3.29. The number of benzene rings is 1. The lowest BCUT2D eigenvalue weighted by molar-refractivity contribution is -0.126. The molecule has 3 N–H and O–H groups in total. The molecular weight excluding hydrogens is 424 g/mol. The largest absolute Gasteiger partial charge is 0.494 e. The molecular formula is C24H24N4O5. The molecule has 3 aromatic rings. The summed E-state index contributed by atoms with van der Waals surface area (Å²) in [6, 6.07) is 9.22. The number of nitrogens with zero attached hydrogens (tertiary/aromatic N) is 2. The van der Waals surface area contributed by atoms with Gasteiger partial charge in [-0.1, -0.05) is 35.9 Å². The number of primary amides is 1. The molecule has 1 saturated heterocycles. The number of aromatic amines is 1. The van der Waals surface area contributed by atoms with Crippen LogP contribution in [0.25, 0.3) is 16.5 Å². The number of ketones is 1. The normalized spacial score (nSPS) is 13.6. The molecule has 1 fully saturated rings. The molecule has 0 unspecified atom stereocenters. The zero-order valence-electron chi connectivity index (χ0n) is 18.4. The number of hydrogen-bond donors (Lipinski definition) is 2. The number of piperidine rings is 1. The lowest BCUT2D eigenvalue weighted by atomic mass is 9.92. The van der Waals surface area contributed by atoms with Crippen molar-refractivity contribution in [1.82, 2.24) is 14.9 Å². The Balaban J connectivity index is 1.57. The molecule has 2 amide bonds. The molecule has 1 aliphatic heterocycles. The lowest BCUT2D eigenvalue weighted by Crippen LogP contribution is -2.41. The van der Waals surface area contributed by atoms with Crippen LogP contribution in [0, 0.1) is 0 Å². The highest BCUT2D eigenvalue weighted by Gasteiger charge is 2.30. The van der Waals surface area contributed by atoms with Gasteiger partial charge in [-0.3, -0.25) is 14.4 Å². The molecule has 9 heteroatoms. The van der Waals surface area contributed by atoms with Crippen molar-refractivity contribution in [3.05, 3.63) is 59.4 Å². The number of amides is 2. The van der Waals surface area contributed by atoms with E-state index in [1.165, 1.54) is 31.5 Å². The van der Waals surface area contributed by atoms with Gasteiger partial charge in [0, 0.05) is 24.9 Å². The van der Waals surface area contributed by atoms with Crippen molar-refractivity contribution in [2.24, 2.45) is 5.73 Å². The van der Waals surface area contributed by atoms with Gasteiger partial charge in [0.2, 0.25) is 11.8 Å². The van der Waals surface area contributed by atoms with Crippen molar-refractivity contribution >= 4 is 34.1 Å². The topological polar surface area (TPSA) is 128 Å². The number of pyridine rings is 1. The molecule has 9 nitrogen and oxygen atoms in total. The summed E-state index contributed by atoms with van der Waals surface area (Å²) in [6.07, 6.45) is 3.83. The van der Waals surface area contributed by atoms with Crippen molar-refractivity contribution in [3.8, 4) is 11.6 Å². The van der Waals surface area contributed by atoms with E-state index in [9.17, 15) is 14.4 Å². The average molecular weight is 448 g/mol. The minimum Gasteiger partial charge on any atom is -0.494 e. The summed E-state index contributed by atoms with van der Waals surface area (Å²) in [5, 5.41) is 0.445. The number of Topliss-reactive ketones (excluding diaryl/α,β-unsaturated/α-hetero) is 1. The molecule has 0 spiro atoms. The molecule has 3 heterocycles. The number of ether oxygens (including phenoxy) is 2. The van der Waals surface area contributed by atoms with E-state index in [1.54, 1.807) is 0 Å². The van der Waals surface area contributed by atoms with E-state index < -0.39 is 17.6 Å². The zero-order valence-corrected chi connectivity index (χ0v) is 18.4. The Labute approximate surface area is 190 Å². The molecule has 0 saturated carbocycles. The predicted octanol–water partition coefficient (Wildman–Crippen LogP) is 2.32. The van der Waals surface area contributed by atoms with Crippen molar-refractivity contribution in [1.29, 1.82) is 0 Å². The first-order chi connectivity index (χ1) is 16.0. The molecule has 1 aliphatic rings. The Hall–Kier alpha value is -4.14. The molecule has 0 aliphatic carbocycles. The Kier molecular flexibility index (Phi) is 6.12. The van der Waals surface area contributed by atoms with E-state index >= 15 is 0 Å². The second-order valence-electron chi connectivity index (χ2n) is 7.62. The number of hydrogen-bond acceptors (Lipinski definition) is 6. The predicted molar refractivity (Wildman–Crippen MR) is 122 cm³/mol. The smallest absolute Gasteiger partial charge is 0.295 e. The zero-order chi connectivity index (χ0) is 23.5. The van der Waals surface area contributed by atoms with E-state index in [0.29, 0.717) is 54.0 Å². The number of nitrogens with two attached hydrogens (primary N) is 1. The summed E-state index contributed by atoms with van der Waals surface area (Å²) in [5.41, 5.74) is 8.44. The van der Waals surface area contributed by atoms with E-state index in [0.717, 1.165) is 11.1 Å². The first-order valence-corrected chi connectivity index (χ1v) is 10.4. The lowest BCUT2D eigenvalue weighted by Gasteiger charge is -2.29. The van der Waals surface area contributed by atoms with Gasteiger partial charge in [0.15, 0.2) is 0 Å². The molecule has 170 valence electrons. The highest BCUT2D eigenvalue weighted by atomic mass is 16.5. The molecule has 1 aromatic carbocycles. The number of carbonyl (C=O) groups is 3. The van der Waals surface area contributed by atoms with Gasteiger partial charge in [-0.15, -0.1) is 0 Å². The highest BCUT2D eigenvalue weighted by molar-refractivity contribution is 6.45. The van der Waals surface area contributed by atoms with Gasteiger partial charge in [-0.05, 0) is 18.4 Å². The van der Waals surface area contributed by atoms with Crippen molar-refractivity contribution in [3.63, 3.8) is 0 Å². The molecule has 0 bridgehead atoms. The Morgan fingerprint density at radius 1 is 1.06 bits per heavy atom. The van der Waals surface area contributed by atoms with Crippen LogP contribution in [0.3, 0.4) is 0 Å². The number of likely N-dealkylation sites (tertiary alicyclic amines) is 1. The van der Waals surface area contributed by atoms with Crippen LogP contribution in [0.1, 0.15) is 28.8 Å². The Morgan fingerprint density at radius 2 is 1.76 bits per heavy atom. The summed E-state index contributed by atoms with van der Waals surface area (Å²) in [4.78, 5) is 46.9. The minimum atomic E-state index is -0.654. The molecule has 4 rings (SSSR count). The van der Waals surface area contributed by atoms with Crippen LogP contribution in [0.4, 0.5) is 0 Å². The Morgan fingerprint density at radius 3 is 2.36 bits per heavy atom. The van der Waals surface area contributed by atoms with E-state index in [-0.39, 0.29) is 5.56 Å². The Bertz CT molecular complexity index is 1250. The van der Waals surface area contributed by atoms with Crippen LogP contribution < -0.4 is 15.2 Å². The van der Waals surface area contributed by atoms with Crippen molar-refractivity contribution < 1.29 is 23.9 Å². The van der Waals surface area contributed by atoms with Crippen LogP contribution in [-0.4, -0.2) is 59.8 Å². The van der Waals surface area contributed by atoms with Crippen LogP contribution in [0.5, 0.6) is 11.6 Å². The summed E-state index contributed by atoms with van der Waals surface area (Å²) >= 11 is 0. The van der Waals surface area contributed by atoms with Crippen molar-refractivity contribution in [2.75, 3.05) is 27.3 Å². The number of nitrogens with one attached hydrogen (secondary N) is 1. The quantitative estimate of drug-likeness (QED) is 0.338. The summed E-state index contributed by atoms with van der Waals surface area (Å²) < 4.78 is 10.6. The van der Waals surface area contributed by atoms with E-state index in [2.05, 4.69) is 9.97 Å². The van der Waals surface area contributed by atoms with Gasteiger partial charge in [-0.25, -0.2) is 4.98 Å². The monoisotopic (exact) mass is 448 g/mol.